The first-order chi connectivity index (χ1) is 8.40. The Labute approximate surface area is 110 Å². The molecule has 0 heterocycles. The molecule has 2 atom stereocenters. The van der Waals surface area contributed by atoms with Gasteiger partial charge in [-0.2, -0.15) is 0 Å². The predicted octanol–water partition coefficient (Wildman–Crippen LogP) is 1.38. The molecule has 0 aliphatic carbocycles. The molecule has 4 N–H and O–H groups in total. The fourth-order valence-corrected chi connectivity index (χ4v) is 2.07. The zero-order valence-corrected chi connectivity index (χ0v) is 11.8. The molecule has 0 radical (unpaired) electrons. The van der Waals surface area contributed by atoms with Gasteiger partial charge in [0.25, 0.3) is 5.91 Å². The van der Waals surface area contributed by atoms with Crippen molar-refractivity contribution in [2.24, 2.45) is 11.7 Å². The molecule has 18 heavy (non-hydrogen) atoms. The third-order valence-corrected chi connectivity index (χ3v) is 3.18. The summed E-state index contributed by atoms with van der Waals surface area (Å²) in [6.07, 6.45) is 1.11. The minimum atomic E-state index is -0.265. The average molecular weight is 249 g/mol. The van der Waals surface area contributed by atoms with Gasteiger partial charge in [-0.05, 0) is 31.7 Å². The van der Waals surface area contributed by atoms with Crippen molar-refractivity contribution < 1.29 is 10.1 Å². The van der Waals surface area contributed by atoms with Gasteiger partial charge in [0.05, 0.1) is 0 Å². The number of rotatable bonds is 6. The Morgan fingerprint density at radius 2 is 1.72 bits per heavy atom. The summed E-state index contributed by atoms with van der Waals surface area (Å²) in [5.74, 6) is 0.410. The van der Waals surface area contributed by atoms with Crippen LogP contribution in [0.2, 0.25) is 0 Å². The summed E-state index contributed by atoms with van der Waals surface area (Å²) < 4.78 is 0. The second-order valence-electron chi connectivity index (χ2n) is 5.51. The highest BCUT2D eigenvalue weighted by Crippen LogP contribution is 2.13. The van der Waals surface area contributed by atoms with Gasteiger partial charge >= 0.3 is 0 Å². The lowest BCUT2D eigenvalue weighted by atomic mass is 9.99. The number of carbonyl (C=O) groups excluding carboxylic acids is 1. The Morgan fingerprint density at radius 3 is 2.17 bits per heavy atom. The maximum absolute atomic E-state index is 11.0. The third-order valence-electron chi connectivity index (χ3n) is 3.18. The van der Waals surface area contributed by atoms with Crippen LogP contribution in [-0.4, -0.2) is 11.9 Å². The summed E-state index contributed by atoms with van der Waals surface area (Å²) >= 11 is 0. The van der Waals surface area contributed by atoms with Gasteiger partial charge in [-0.3, -0.25) is 4.79 Å². The van der Waals surface area contributed by atoms with Gasteiger partial charge in [0.1, 0.15) is 6.04 Å². The van der Waals surface area contributed by atoms with E-state index in [2.05, 4.69) is 45.0 Å². The van der Waals surface area contributed by atoms with E-state index >= 15 is 0 Å². The zero-order valence-electron chi connectivity index (χ0n) is 11.8. The van der Waals surface area contributed by atoms with Crippen molar-refractivity contribution in [3.63, 3.8) is 0 Å². The predicted molar refractivity (Wildman–Crippen MR) is 74.0 cm³/mol. The molecule has 0 aromatic heterocycles. The number of amides is 1. The van der Waals surface area contributed by atoms with Gasteiger partial charge in [-0.1, -0.05) is 38.1 Å². The molecule has 0 unspecified atom stereocenters. The largest absolute Gasteiger partial charge is 0.365 e. The Balaban J connectivity index is 2.64. The normalized spacial score (nSPS) is 14.5. The maximum Gasteiger partial charge on any atom is 0.275 e. The molecule has 3 heteroatoms. The van der Waals surface area contributed by atoms with Crippen molar-refractivity contribution >= 4 is 5.91 Å². The number of benzene rings is 1. The van der Waals surface area contributed by atoms with E-state index in [-0.39, 0.29) is 18.0 Å². The summed E-state index contributed by atoms with van der Waals surface area (Å²) in [5.41, 5.74) is 7.87. The van der Waals surface area contributed by atoms with Gasteiger partial charge in [0.2, 0.25) is 0 Å². The molecule has 3 nitrogen and oxygen atoms in total. The Hall–Kier alpha value is -1.35. The second kappa shape index (κ2) is 6.55. The molecular formula is C15H25N2O+. The second-order valence-corrected chi connectivity index (χ2v) is 5.51. The minimum Gasteiger partial charge on any atom is -0.365 e. The standard InChI is InChI=1S/C15H24N2O/c1-10(2)9-13-5-7-14(8-6-13)11(3)17-12(4)15(16)18/h5-8,10-12,17H,9H2,1-4H3,(H2,16,18)/p+1/t11-,12-/m1/s1. The van der Waals surface area contributed by atoms with E-state index in [0.29, 0.717) is 5.92 Å². The van der Waals surface area contributed by atoms with Crippen molar-refractivity contribution in [2.75, 3.05) is 0 Å². The summed E-state index contributed by atoms with van der Waals surface area (Å²) in [5, 5.41) is 2.00. The van der Waals surface area contributed by atoms with Crippen LogP contribution in [0.4, 0.5) is 0 Å². The van der Waals surface area contributed by atoms with Crippen LogP contribution in [0.1, 0.15) is 44.9 Å². The molecule has 0 spiro atoms. The molecule has 1 aromatic carbocycles. The van der Waals surface area contributed by atoms with Crippen LogP contribution in [0.15, 0.2) is 24.3 Å². The zero-order chi connectivity index (χ0) is 13.7. The molecule has 1 aromatic rings. The molecule has 1 rings (SSSR count). The summed E-state index contributed by atoms with van der Waals surface area (Å²) in [6, 6.07) is 8.71. The van der Waals surface area contributed by atoms with Crippen molar-refractivity contribution in [3.8, 4) is 0 Å². The molecule has 0 aliphatic heterocycles. The van der Waals surface area contributed by atoms with Gasteiger partial charge < -0.3 is 11.1 Å². The lowest BCUT2D eigenvalue weighted by Gasteiger charge is -2.15. The van der Waals surface area contributed by atoms with Crippen LogP contribution < -0.4 is 11.1 Å². The molecule has 0 bridgehead atoms. The van der Waals surface area contributed by atoms with Crippen molar-refractivity contribution in [1.82, 2.24) is 0 Å². The average Bonchev–Trinajstić information content (AvgIpc) is 2.28. The van der Waals surface area contributed by atoms with Crippen LogP contribution in [0.3, 0.4) is 0 Å². The Kier molecular flexibility index (Phi) is 5.35. The first-order valence-electron chi connectivity index (χ1n) is 6.63. The van der Waals surface area contributed by atoms with E-state index in [1.807, 2.05) is 12.2 Å². The topological polar surface area (TPSA) is 59.7 Å². The van der Waals surface area contributed by atoms with Gasteiger partial charge in [-0.25, -0.2) is 0 Å². The quantitative estimate of drug-likeness (QED) is 0.786. The molecule has 0 aliphatic rings. The van der Waals surface area contributed by atoms with E-state index in [1.165, 1.54) is 11.1 Å². The van der Waals surface area contributed by atoms with E-state index in [9.17, 15) is 4.79 Å². The smallest absolute Gasteiger partial charge is 0.275 e. The third kappa shape index (κ3) is 4.49. The van der Waals surface area contributed by atoms with Gasteiger partial charge in [-0.15, -0.1) is 0 Å². The van der Waals surface area contributed by atoms with E-state index < -0.39 is 0 Å². The summed E-state index contributed by atoms with van der Waals surface area (Å²) in [7, 11) is 0. The van der Waals surface area contributed by atoms with E-state index in [0.717, 1.165) is 6.42 Å². The molecular weight excluding hydrogens is 224 g/mol. The summed E-state index contributed by atoms with van der Waals surface area (Å²) in [6.45, 7) is 8.38. The van der Waals surface area contributed by atoms with Crippen LogP contribution in [0.25, 0.3) is 0 Å². The Morgan fingerprint density at radius 1 is 1.17 bits per heavy atom. The molecule has 100 valence electrons. The Bertz CT molecular complexity index is 384. The van der Waals surface area contributed by atoms with E-state index in [1.54, 1.807) is 0 Å². The first kappa shape index (κ1) is 14.7. The van der Waals surface area contributed by atoms with E-state index in [4.69, 9.17) is 5.73 Å². The molecule has 0 saturated heterocycles. The van der Waals surface area contributed by atoms with Gasteiger partial charge in [0.15, 0.2) is 6.04 Å². The van der Waals surface area contributed by atoms with Crippen molar-refractivity contribution in [2.45, 2.75) is 46.2 Å². The lowest BCUT2D eigenvalue weighted by molar-refractivity contribution is -0.710. The monoisotopic (exact) mass is 249 g/mol. The van der Waals surface area contributed by atoms with Crippen LogP contribution >= 0.6 is 0 Å². The highest BCUT2D eigenvalue weighted by molar-refractivity contribution is 5.77. The number of quaternary nitrogens is 1. The number of nitrogens with two attached hydrogens (primary N) is 2. The fraction of sp³-hybridized carbons (Fsp3) is 0.533. The molecule has 0 saturated carbocycles. The summed E-state index contributed by atoms with van der Waals surface area (Å²) in [4.78, 5) is 11.0. The minimum absolute atomic E-state index is 0.185. The first-order valence-corrected chi connectivity index (χ1v) is 6.63. The van der Waals surface area contributed by atoms with Crippen molar-refractivity contribution in [1.29, 1.82) is 0 Å². The van der Waals surface area contributed by atoms with Crippen molar-refractivity contribution in [3.05, 3.63) is 35.4 Å². The number of hydrogen-bond acceptors (Lipinski definition) is 1. The maximum atomic E-state index is 11.0. The van der Waals surface area contributed by atoms with Crippen LogP contribution in [-0.2, 0) is 11.2 Å². The molecule has 1 amide bonds. The lowest BCUT2D eigenvalue weighted by Crippen LogP contribution is -2.92. The van der Waals surface area contributed by atoms with Crippen LogP contribution in [0.5, 0.6) is 0 Å². The van der Waals surface area contributed by atoms with Gasteiger partial charge in [0, 0.05) is 5.56 Å². The fourth-order valence-electron chi connectivity index (χ4n) is 2.07. The number of hydrogen-bond donors (Lipinski definition) is 2. The highest BCUT2D eigenvalue weighted by atomic mass is 16.1. The number of carbonyl (C=O) groups is 1. The SMILES string of the molecule is CC(C)Cc1ccc([C@@H](C)[NH2+][C@H](C)C(N)=O)cc1. The van der Waals surface area contributed by atoms with Crippen LogP contribution in [0, 0.1) is 5.92 Å². The molecule has 0 fully saturated rings. The highest BCUT2D eigenvalue weighted by Gasteiger charge is 2.17. The number of primary amides is 1.